The highest BCUT2D eigenvalue weighted by molar-refractivity contribution is 6.35. The molecule has 1 saturated heterocycles. The molecule has 106 valence electrons. The molecule has 1 aromatic rings. The number of ether oxygens (including phenoxy) is 1. The van der Waals surface area contributed by atoms with Crippen LogP contribution in [0.25, 0.3) is 0 Å². The van der Waals surface area contributed by atoms with Crippen molar-refractivity contribution in [3.8, 4) is 5.75 Å². The van der Waals surface area contributed by atoms with Gasteiger partial charge in [0.25, 0.3) is 0 Å². The largest absolute Gasteiger partial charge is 0.491 e. The fourth-order valence-electron chi connectivity index (χ4n) is 2.73. The minimum absolute atomic E-state index is 0.135. The van der Waals surface area contributed by atoms with Gasteiger partial charge in [-0.05, 0) is 30.9 Å². The lowest BCUT2D eigenvalue weighted by Gasteiger charge is -2.26. The van der Waals surface area contributed by atoms with Crippen molar-refractivity contribution in [1.29, 1.82) is 0 Å². The molecule has 0 unspecified atom stereocenters. The molecule has 0 bridgehead atoms. The summed E-state index contributed by atoms with van der Waals surface area (Å²) in [5.74, 6) is -0.0647. The number of likely N-dealkylation sites (tertiary alicyclic amines) is 1. The predicted molar refractivity (Wildman–Crippen MR) is 73.4 cm³/mol. The monoisotopic (exact) mass is 274 g/mol. The van der Waals surface area contributed by atoms with E-state index in [9.17, 15) is 9.59 Å². The molecule has 2 heterocycles. The van der Waals surface area contributed by atoms with Gasteiger partial charge in [-0.25, -0.2) is 0 Å². The number of benzene rings is 1. The molecule has 20 heavy (non-hydrogen) atoms. The van der Waals surface area contributed by atoms with E-state index in [4.69, 9.17) is 4.74 Å². The van der Waals surface area contributed by atoms with E-state index in [1.165, 1.54) is 0 Å². The molecule has 0 spiro atoms. The normalized spacial score (nSPS) is 21.0. The maximum absolute atomic E-state index is 12.0. The average molecular weight is 274 g/mol. The Morgan fingerprint density at radius 1 is 1.20 bits per heavy atom. The van der Waals surface area contributed by atoms with Gasteiger partial charge in [0.15, 0.2) is 0 Å². The number of hydrogen-bond acceptors (Lipinski definition) is 3. The standard InChI is InChI=1S/C15H18N2O3/c18-14(15(19)17-7-3-4-8-17)16-12-9-11-5-1-2-6-13(11)20-10-12/h1-2,5-6,12H,3-4,7-10H2,(H,16,18)/t12-/m1/s1. The van der Waals surface area contributed by atoms with Crippen LogP contribution in [0.5, 0.6) is 5.75 Å². The highest BCUT2D eigenvalue weighted by Crippen LogP contribution is 2.23. The summed E-state index contributed by atoms with van der Waals surface area (Å²) in [7, 11) is 0. The van der Waals surface area contributed by atoms with Crippen LogP contribution in [-0.4, -0.2) is 42.5 Å². The molecule has 3 rings (SSSR count). The first-order valence-electron chi connectivity index (χ1n) is 7.04. The Balaban J connectivity index is 1.59. The highest BCUT2D eigenvalue weighted by atomic mass is 16.5. The van der Waals surface area contributed by atoms with Gasteiger partial charge in [0.1, 0.15) is 12.4 Å². The zero-order valence-electron chi connectivity index (χ0n) is 11.3. The van der Waals surface area contributed by atoms with Crippen LogP contribution in [0.1, 0.15) is 18.4 Å². The Morgan fingerprint density at radius 2 is 1.95 bits per heavy atom. The number of hydrogen-bond donors (Lipinski definition) is 1. The molecule has 0 aliphatic carbocycles. The second-order valence-electron chi connectivity index (χ2n) is 5.29. The van der Waals surface area contributed by atoms with Gasteiger partial charge < -0.3 is 15.0 Å². The third-order valence-corrected chi connectivity index (χ3v) is 3.80. The third-order valence-electron chi connectivity index (χ3n) is 3.80. The minimum Gasteiger partial charge on any atom is -0.491 e. The molecule has 2 amide bonds. The second-order valence-corrected chi connectivity index (χ2v) is 5.29. The Bertz CT molecular complexity index is 524. The highest BCUT2D eigenvalue weighted by Gasteiger charge is 2.28. The van der Waals surface area contributed by atoms with Crippen LogP contribution in [0.3, 0.4) is 0 Å². The molecule has 0 radical (unpaired) electrons. The van der Waals surface area contributed by atoms with Gasteiger partial charge >= 0.3 is 11.8 Å². The van der Waals surface area contributed by atoms with Gasteiger partial charge in [-0.3, -0.25) is 9.59 Å². The predicted octanol–water partition coefficient (Wildman–Crippen LogP) is 0.729. The lowest BCUT2D eigenvalue weighted by Crippen LogP contribution is -2.49. The third kappa shape index (κ3) is 2.61. The summed E-state index contributed by atoms with van der Waals surface area (Å²) in [5, 5.41) is 2.78. The zero-order valence-corrected chi connectivity index (χ0v) is 11.3. The average Bonchev–Trinajstić information content (AvgIpc) is 3.00. The fourth-order valence-corrected chi connectivity index (χ4v) is 2.73. The van der Waals surface area contributed by atoms with Crippen molar-refractivity contribution >= 4 is 11.8 Å². The van der Waals surface area contributed by atoms with Crippen LogP contribution in [0.4, 0.5) is 0 Å². The summed E-state index contributed by atoms with van der Waals surface area (Å²) in [5.41, 5.74) is 1.07. The topological polar surface area (TPSA) is 58.6 Å². The van der Waals surface area contributed by atoms with E-state index in [2.05, 4.69) is 5.32 Å². The Labute approximate surface area is 117 Å². The van der Waals surface area contributed by atoms with Crippen LogP contribution < -0.4 is 10.1 Å². The minimum atomic E-state index is -0.514. The Kier molecular flexibility index (Phi) is 3.58. The molecular weight excluding hydrogens is 256 g/mol. The number of fused-ring (bicyclic) bond motifs is 1. The van der Waals surface area contributed by atoms with Gasteiger partial charge in [0.2, 0.25) is 0 Å². The molecule has 2 aliphatic heterocycles. The van der Waals surface area contributed by atoms with E-state index in [1.54, 1.807) is 4.90 Å². The lowest BCUT2D eigenvalue weighted by molar-refractivity contribution is -0.145. The molecule has 5 heteroatoms. The van der Waals surface area contributed by atoms with Crippen LogP contribution >= 0.6 is 0 Å². The summed E-state index contributed by atoms with van der Waals surface area (Å²) in [4.78, 5) is 25.5. The molecule has 0 saturated carbocycles. The van der Waals surface area contributed by atoms with Crippen molar-refractivity contribution in [1.82, 2.24) is 10.2 Å². The molecule has 5 nitrogen and oxygen atoms in total. The first kappa shape index (κ1) is 13.0. The molecule has 1 N–H and O–H groups in total. The van der Waals surface area contributed by atoms with Crippen LogP contribution in [0.15, 0.2) is 24.3 Å². The molecule has 0 aromatic heterocycles. The number of rotatable bonds is 1. The molecule has 1 fully saturated rings. The first-order chi connectivity index (χ1) is 9.74. The van der Waals surface area contributed by atoms with Crippen molar-refractivity contribution in [2.75, 3.05) is 19.7 Å². The van der Waals surface area contributed by atoms with Crippen molar-refractivity contribution in [3.05, 3.63) is 29.8 Å². The van der Waals surface area contributed by atoms with Crippen LogP contribution in [0, 0.1) is 0 Å². The lowest BCUT2D eigenvalue weighted by atomic mass is 10.0. The van der Waals surface area contributed by atoms with Crippen LogP contribution in [0.2, 0.25) is 0 Å². The van der Waals surface area contributed by atoms with Gasteiger partial charge in [0.05, 0.1) is 6.04 Å². The van der Waals surface area contributed by atoms with Crippen molar-refractivity contribution in [2.24, 2.45) is 0 Å². The van der Waals surface area contributed by atoms with E-state index in [1.807, 2.05) is 24.3 Å². The van der Waals surface area contributed by atoms with Gasteiger partial charge in [-0.1, -0.05) is 18.2 Å². The maximum atomic E-state index is 12.0. The summed E-state index contributed by atoms with van der Waals surface area (Å²) >= 11 is 0. The number of carbonyl (C=O) groups is 2. The number of para-hydroxylation sites is 1. The molecule has 2 aliphatic rings. The number of amides is 2. The van der Waals surface area contributed by atoms with Crippen molar-refractivity contribution in [3.63, 3.8) is 0 Å². The quantitative estimate of drug-likeness (QED) is 0.768. The van der Waals surface area contributed by atoms with Crippen molar-refractivity contribution < 1.29 is 14.3 Å². The fraction of sp³-hybridized carbons (Fsp3) is 0.467. The van der Waals surface area contributed by atoms with Gasteiger partial charge in [-0.15, -0.1) is 0 Å². The van der Waals surface area contributed by atoms with Crippen LogP contribution in [-0.2, 0) is 16.0 Å². The SMILES string of the molecule is O=C(N[C@H]1COc2ccccc2C1)C(=O)N1CCCC1. The zero-order chi connectivity index (χ0) is 13.9. The molecular formula is C15H18N2O3. The summed E-state index contributed by atoms with van der Waals surface area (Å²) < 4.78 is 5.60. The van der Waals surface area contributed by atoms with Crippen molar-refractivity contribution in [2.45, 2.75) is 25.3 Å². The maximum Gasteiger partial charge on any atom is 0.311 e. The molecule has 1 aromatic carbocycles. The van der Waals surface area contributed by atoms with Gasteiger partial charge in [-0.2, -0.15) is 0 Å². The Hall–Kier alpha value is -2.04. The second kappa shape index (κ2) is 5.53. The van der Waals surface area contributed by atoms with E-state index in [0.29, 0.717) is 26.1 Å². The van der Waals surface area contributed by atoms with E-state index < -0.39 is 11.8 Å². The van der Waals surface area contributed by atoms with E-state index in [-0.39, 0.29) is 6.04 Å². The van der Waals surface area contributed by atoms with E-state index in [0.717, 1.165) is 24.2 Å². The first-order valence-corrected chi connectivity index (χ1v) is 7.04. The number of nitrogens with one attached hydrogen (secondary N) is 1. The number of carbonyl (C=O) groups excluding carboxylic acids is 2. The summed E-state index contributed by atoms with van der Waals surface area (Å²) in [6.45, 7) is 1.79. The molecule has 1 atom stereocenters. The van der Waals surface area contributed by atoms with Gasteiger partial charge in [0, 0.05) is 13.1 Å². The summed E-state index contributed by atoms with van der Waals surface area (Å²) in [6, 6.07) is 7.64. The smallest absolute Gasteiger partial charge is 0.311 e. The van der Waals surface area contributed by atoms with E-state index >= 15 is 0 Å². The number of nitrogens with zero attached hydrogens (tertiary/aromatic N) is 1. The summed E-state index contributed by atoms with van der Waals surface area (Å²) in [6.07, 6.45) is 2.67. The Morgan fingerprint density at radius 3 is 2.75 bits per heavy atom.